The Balaban J connectivity index is 1.99. The lowest BCUT2D eigenvalue weighted by Gasteiger charge is -2.22. The molecule has 0 radical (unpaired) electrons. The number of methoxy groups -OCH3 is 1. The topological polar surface area (TPSA) is 58.6 Å². The summed E-state index contributed by atoms with van der Waals surface area (Å²) in [5, 5.41) is 13.1. The van der Waals surface area contributed by atoms with Gasteiger partial charge in [0.25, 0.3) is 5.91 Å². The van der Waals surface area contributed by atoms with Crippen LogP contribution in [0, 0.1) is 0 Å². The van der Waals surface area contributed by atoms with Gasteiger partial charge in [-0.25, -0.2) is 0 Å². The number of benzene rings is 1. The highest BCUT2D eigenvalue weighted by Crippen LogP contribution is 2.28. The van der Waals surface area contributed by atoms with Crippen LogP contribution in [0.5, 0.6) is 0 Å². The first-order chi connectivity index (χ1) is 9.14. The first-order valence-electron chi connectivity index (χ1n) is 6.72. The van der Waals surface area contributed by atoms with Gasteiger partial charge in [-0.2, -0.15) is 0 Å². The van der Waals surface area contributed by atoms with Crippen molar-refractivity contribution in [2.24, 2.45) is 0 Å². The van der Waals surface area contributed by atoms with Crippen LogP contribution in [0.25, 0.3) is 0 Å². The molecule has 0 unspecified atom stereocenters. The number of ether oxygens (including phenoxy) is 1. The molecular weight excluding hydrogens is 242 g/mol. The molecule has 2 rings (SSSR count). The maximum atomic E-state index is 12.2. The second-order valence-corrected chi connectivity index (χ2v) is 5.20. The number of carbonyl (C=O) groups excluding carboxylic acids is 1. The summed E-state index contributed by atoms with van der Waals surface area (Å²) in [5.41, 5.74) is 0.762. The van der Waals surface area contributed by atoms with Crippen LogP contribution in [-0.2, 0) is 11.3 Å². The lowest BCUT2D eigenvalue weighted by atomic mass is 10.0. The number of rotatable bonds is 5. The Bertz CT molecular complexity index is 439. The van der Waals surface area contributed by atoms with Gasteiger partial charge < -0.3 is 15.2 Å². The van der Waals surface area contributed by atoms with Gasteiger partial charge in [-0.3, -0.25) is 4.79 Å². The molecule has 19 heavy (non-hydrogen) atoms. The molecule has 0 heterocycles. The molecule has 1 aliphatic carbocycles. The van der Waals surface area contributed by atoms with Crippen molar-refractivity contribution in [1.82, 2.24) is 5.32 Å². The van der Waals surface area contributed by atoms with E-state index in [4.69, 9.17) is 4.74 Å². The predicted octanol–water partition coefficient (Wildman–Crippen LogP) is 1.87. The minimum atomic E-state index is -0.716. The number of amides is 1. The van der Waals surface area contributed by atoms with Gasteiger partial charge in [-0.15, -0.1) is 0 Å². The standard InChI is InChI=1S/C15H21NO3/c1-19-10-12-6-2-3-7-13(12)14(17)16-11-15(18)8-4-5-9-15/h2-3,6-7,18H,4-5,8-11H2,1H3,(H,16,17). The van der Waals surface area contributed by atoms with E-state index >= 15 is 0 Å². The summed E-state index contributed by atoms with van der Waals surface area (Å²) in [6.07, 6.45) is 3.61. The SMILES string of the molecule is COCc1ccccc1C(=O)NCC1(O)CCCC1. The maximum Gasteiger partial charge on any atom is 0.251 e. The van der Waals surface area contributed by atoms with Gasteiger partial charge in [0, 0.05) is 19.2 Å². The van der Waals surface area contributed by atoms with Crippen LogP contribution in [0.15, 0.2) is 24.3 Å². The molecule has 0 bridgehead atoms. The summed E-state index contributed by atoms with van der Waals surface area (Å²) in [6, 6.07) is 7.37. The summed E-state index contributed by atoms with van der Waals surface area (Å²) in [6.45, 7) is 0.737. The van der Waals surface area contributed by atoms with E-state index in [0.29, 0.717) is 18.7 Å². The van der Waals surface area contributed by atoms with E-state index in [2.05, 4.69) is 5.32 Å². The highest BCUT2D eigenvalue weighted by molar-refractivity contribution is 5.95. The van der Waals surface area contributed by atoms with Crippen LogP contribution in [0.3, 0.4) is 0 Å². The third kappa shape index (κ3) is 3.55. The quantitative estimate of drug-likeness (QED) is 0.852. The van der Waals surface area contributed by atoms with E-state index in [1.165, 1.54) is 0 Å². The normalized spacial score (nSPS) is 17.4. The summed E-state index contributed by atoms with van der Waals surface area (Å²) in [7, 11) is 1.61. The third-order valence-corrected chi connectivity index (χ3v) is 3.67. The fourth-order valence-corrected chi connectivity index (χ4v) is 2.57. The number of carbonyl (C=O) groups is 1. The van der Waals surface area contributed by atoms with Gasteiger partial charge in [0.2, 0.25) is 0 Å². The molecular formula is C15H21NO3. The monoisotopic (exact) mass is 263 g/mol. The molecule has 1 saturated carbocycles. The molecule has 1 amide bonds. The molecule has 104 valence electrons. The fraction of sp³-hybridized carbons (Fsp3) is 0.533. The molecule has 0 aliphatic heterocycles. The molecule has 4 heteroatoms. The molecule has 2 N–H and O–H groups in total. The average molecular weight is 263 g/mol. The highest BCUT2D eigenvalue weighted by Gasteiger charge is 2.31. The molecule has 1 aromatic rings. The van der Waals surface area contributed by atoms with Gasteiger partial charge in [0.05, 0.1) is 12.2 Å². The van der Waals surface area contributed by atoms with Crippen LogP contribution < -0.4 is 5.32 Å². The predicted molar refractivity (Wildman–Crippen MR) is 72.9 cm³/mol. The Labute approximate surface area is 113 Å². The number of hydrogen-bond acceptors (Lipinski definition) is 3. The smallest absolute Gasteiger partial charge is 0.251 e. The van der Waals surface area contributed by atoms with E-state index in [9.17, 15) is 9.90 Å². The van der Waals surface area contributed by atoms with Gasteiger partial charge in [0.1, 0.15) is 0 Å². The lowest BCUT2D eigenvalue weighted by molar-refractivity contribution is 0.0449. The summed E-state index contributed by atoms with van der Waals surface area (Å²) >= 11 is 0. The van der Waals surface area contributed by atoms with Crippen LogP contribution in [-0.4, -0.2) is 30.3 Å². The van der Waals surface area contributed by atoms with Gasteiger partial charge in [-0.05, 0) is 24.5 Å². The second-order valence-electron chi connectivity index (χ2n) is 5.20. The first kappa shape index (κ1) is 14.0. The van der Waals surface area contributed by atoms with Crippen molar-refractivity contribution in [1.29, 1.82) is 0 Å². The maximum absolute atomic E-state index is 12.2. The Hall–Kier alpha value is -1.39. The zero-order valence-corrected chi connectivity index (χ0v) is 11.3. The first-order valence-corrected chi connectivity index (χ1v) is 6.72. The van der Waals surface area contributed by atoms with Crippen molar-refractivity contribution in [3.05, 3.63) is 35.4 Å². The molecule has 0 atom stereocenters. The second kappa shape index (κ2) is 6.17. The Morgan fingerprint density at radius 1 is 1.37 bits per heavy atom. The largest absolute Gasteiger partial charge is 0.388 e. The summed E-state index contributed by atoms with van der Waals surface area (Å²) < 4.78 is 5.09. The van der Waals surface area contributed by atoms with E-state index in [1.807, 2.05) is 18.2 Å². The number of nitrogens with one attached hydrogen (secondary N) is 1. The minimum absolute atomic E-state index is 0.145. The van der Waals surface area contributed by atoms with E-state index in [0.717, 1.165) is 31.2 Å². The van der Waals surface area contributed by atoms with Crippen molar-refractivity contribution in [2.75, 3.05) is 13.7 Å². The minimum Gasteiger partial charge on any atom is -0.388 e. The zero-order valence-electron chi connectivity index (χ0n) is 11.3. The van der Waals surface area contributed by atoms with E-state index in [-0.39, 0.29) is 5.91 Å². The van der Waals surface area contributed by atoms with Crippen molar-refractivity contribution in [2.45, 2.75) is 37.9 Å². The van der Waals surface area contributed by atoms with Crippen LogP contribution in [0.1, 0.15) is 41.6 Å². The zero-order chi connectivity index (χ0) is 13.7. The Kier molecular flexibility index (Phi) is 4.56. The third-order valence-electron chi connectivity index (χ3n) is 3.67. The van der Waals surface area contributed by atoms with E-state index in [1.54, 1.807) is 13.2 Å². The molecule has 1 fully saturated rings. The lowest BCUT2D eigenvalue weighted by Crippen LogP contribution is -2.41. The Morgan fingerprint density at radius 3 is 2.74 bits per heavy atom. The molecule has 1 aliphatic rings. The van der Waals surface area contributed by atoms with Gasteiger partial charge in [-0.1, -0.05) is 31.0 Å². The highest BCUT2D eigenvalue weighted by atomic mass is 16.5. The molecule has 4 nitrogen and oxygen atoms in total. The average Bonchev–Trinajstić information content (AvgIpc) is 2.85. The molecule has 0 spiro atoms. The molecule has 1 aromatic carbocycles. The Morgan fingerprint density at radius 2 is 2.05 bits per heavy atom. The van der Waals surface area contributed by atoms with Crippen LogP contribution in [0.2, 0.25) is 0 Å². The van der Waals surface area contributed by atoms with Gasteiger partial charge in [0.15, 0.2) is 0 Å². The number of aliphatic hydroxyl groups is 1. The van der Waals surface area contributed by atoms with E-state index < -0.39 is 5.60 Å². The summed E-state index contributed by atoms with van der Waals surface area (Å²) in [5.74, 6) is -0.145. The van der Waals surface area contributed by atoms with Crippen molar-refractivity contribution >= 4 is 5.91 Å². The van der Waals surface area contributed by atoms with Crippen molar-refractivity contribution in [3.8, 4) is 0 Å². The van der Waals surface area contributed by atoms with Crippen molar-refractivity contribution in [3.63, 3.8) is 0 Å². The van der Waals surface area contributed by atoms with Crippen LogP contribution >= 0.6 is 0 Å². The van der Waals surface area contributed by atoms with Crippen LogP contribution in [0.4, 0.5) is 0 Å². The van der Waals surface area contributed by atoms with Crippen molar-refractivity contribution < 1.29 is 14.6 Å². The molecule has 0 aromatic heterocycles. The van der Waals surface area contributed by atoms with Gasteiger partial charge >= 0.3 is 0 Å². The number of hydrogen-bond donors (Lipinski definition) is 2. The fourth-order valence-electron chi connectivity index (χ4n) is 2.57. The summed E-state index contributed by atoms with van der Waals surface area (Å²) in [4.78, 5) is 12.2. The molecule has 0 saturated heterocycles.